The maximum atomic E-state index is 6.11. The summed E-state index contributed by atoms with van der Waals surface area (Å²) in [7, 11) is 0. The predicted octanol–water partition coefficient (Wildman–Crippen LogP) is 6.26. The van der Waals surface area contributed by atoms with Crippen LogP contribution in [-0.4, -0.2) is 6.04 Å². The third-order valence-electron chi connectivity index (χ3n) is 2.50. The summed E-state index contributed by atoms with van der Waals surface area (Å²) in [6.45, 7) is 4.09. The van der Waals surface area contributed by atoms with Crippen LogP contribution in [0.1, 0.15) is 13.8 Å². The van der Waals surface area contributed by atoms with Crippen molar-refractivity contribution in [2.75, 3.05) is 5.32 Å². The van der Waals surface area contributed by atoms with Gasteiger partial charge in [-0.3, -0.25) is 0 Å². The van der Waals surface area contributed by atoms with Crippen molar-refractivity contribution in [3.8, 4) is 11.5 Å². The van der Waals surface area contributed by atoms with E-state index < -0.39 is 0 Å². The van der Waals surface area contributed by atoms with Crippen molar-refractivity contribution in [3.63, 3.8) is 0 Å². The molecular formula is C15H14Cl3NO. The Balaban J connectivity index is 2.36. The predicted molar refractivity (Wildman–Crippen MR) is 86.7 cm³/mol. The van der Waals surface area contributed by atoms with Crippen LogP contribution in [0.2, 0.25) is 15.1 Å². The van der Waals surface area contributed by atoms with E-state index in [4.69, 9.17) is 39.5 Å². The molecule has 5 heteroatoms. The lowest BCUT2D eigenvalue weighted by Crippen LogP contribution is -2.10. The lowest BCUT2D eigenvalue weighted by Gasteiger charge is -2.16. The molecular weight excluding hydrogens is 317 g/mol. The van der Waals surface area contributed by atoms with Crippen LogP contribution in [0.3, 0.4) is 0 Å². The SMILES string of the molecule is CC(C)Nc1ccc(Cl)cc1Oc1cc(Cl)ccc1Cl. The monoisotopic (exact) mass is 329 g/mol. The zero-order valence-electron chi connectivity index (χ0n) is 11.1. The minimum atomic E-state index is 0.272. The Kier molecular flexibility index (Phi) is 5.03. The number of ether oxygens (including phenoxy) is 1. The lowest BCUT2D eigenvalue weighted by molar-refractivity contribution is 0.484. The first kappa shape index (κ1) is 15.3. The Bertz CT molecular complexity index is 614. The fraction of sp³-hybridized carbons (Fsp3) is 0.200. The molecule has 0 atom stereocenters. The van der Waals surface area contributed by atoms with E-state index in [1.165, 1.54) is 0 Å². The van der Waals surface area contributed by atoms with E-state index in [0.29, 0.717) is 26.6 Å². The molecule has 0 amide bonds. The van der Waals surface area contributed by atoms with Crippen molar-refractivity contribution >= 4 is 40.5 Å². The van der Waals surface area contributed by atoms with Gasteiger partial charge >= 0.3 is 0 Å². The number of rotatable bonds is 4. The maximum Gasteiger partial charge on any atom is 0.152 e. The number of hydrogen-bond donors (Lipinski definition) is 1. The second-order valence-electron chi connectivity index (χ2n) is 4.62. The van der Waals surface area contributed by atoms with Gasteiger partial charge < -0.3 is 10.1 Å². The van der Waals surface area contributed by atoms with Crippen molar-refractivity contribution < 1.29 is 4.74 Å². The van der Waals surface area contributed by atoms with Gasteiger partial charge in [0.05, 0.1) is 10.7 Å². The van der Waals surface area contributed by atoms with Gasteiger partial charge in [0.15, 0.2) is 5.75 Å². The highest BCUT2D eigenvalue weighted by Gasteiger charge is 2.10. The molecule has 0 spiro atoms. The zero-order chi connectivity index (χ0) is 14.7. The standard InChI is InChI=1S/C15H14Cl3NO/c1-9(2)19-13-6-4-11(17)8-15(13)20-14-7-10(16)3-5-12(14)18/h3-9,19H,1-2H3. The average Bonchev–Trinajstić information content (AvgIpc) is 2.37. The third-order valence-corrected chi connectivity index (χ3v) is 3.28. The molecule has 2 aromatic rings. The number of benzene rings is 2. The maximum absolute atomic E-state index is 6.11. The van der Waals surface area contributed by atoms with E-state index in [9.17, 15) is 0 Å². The molecule has 0 aliphatic carbocycles. The first-order valence-corrected chi connectivity index (χ1v) is 7.28. The molecule has 0 aromatic heterocycles. The molecule has 2 nitrogen and oxygen atoms in total. The fourth-order valence-electron chi connectivity index (χ4n) is 1.68. The Morgan fingerprint density at radius 1 is 0.900 bits per heavy atom. The molecule has 0 unspecified atom stereocenters. The zero-order valence-corrected chi connectivity index (χ0v) is 13.4. The molecule has 106 valence electrons. The van der Waals surface area contributed by atoms with Crippen LogP contribution < -0.4 is 10.1 Å². The first-order chi connectivity index (χ1) is 9.45. The van der Waals surface area contributed by atoms with Crippen LogP contribution in [0, 0.1) is 0 Å². The van der Waals surface area contributed by atoms with Crippen LogP contribution in [0.25, 0.3) is 0 Å². The highest BCUT2D eigenvalue weighted by atomic mass is 35.5. The highest BCUT2D eigenvalue weighted by molar-refractivity contribution is 6.34. The number of anilines is 1. The minimum Gasteiger partial charge on any atom is -0.454 e. The van der Waals surface area contributed by atoms with Gasteiger partial charge in [0.25, 0.3) is 0 Å². The molecule has 0 heterocycles. The second-order valence-corrected chi connectivity index (χ2v) is 5.90. The molecule has 0 radical (unpaired) electrons. The molecule has 0 aliphatic heterocycles. The van der Waals surface area contributed by atoms with Crippen LogP contribution >= 0.6 is 34.8 Å². The van der Waals surface area contributed by atoms with Crippen molar-refractivity contribution in [2.24, 2.45) is 0 Å². The van der Waals surface area contributed by atoms with Crippen molar-refractivity contribution in [2.45, 2.75) is 19.9 Å². The third kappa shape index (κ3) is 3.95. The molecule has 0 fully saturated rings. The van der Waals surface area contributed by atoms with Gasteiger partial charge in [0, 0.05) is 28.2 Å². The molecule has 1 N–H and O–H groups in total. The summed E-state index contributed by atoms with van der Waals surface area (Å²) >= 11 is 18.1. The van der Waals surface area contributed by atoms with Gasteiger partial charge in [-0.15, -0.1) is 0 Å². The van der Waals surface area contributed by atoms with Crippen LogP contribution in [0.4, 0.5) is 5.69 Å². The molecule has 2 rings (SSSR count). The summed E-state index contributed by atoms with van der Waals surface area (Å²) in [5.41, 5.74) is 0.848. The Morgan fingerprint density at radius 2 is 1.50 bits per heavy atom. The van der Waals surface area contributed by atoms with E-state index in [0.717, 1.165) is 5.69 Å². The Labute approximate surface area is 133 Å². The van der Waals surface area contributed by atoms with E-state index in [-0.39, 0.29) is 6.04 Å². The fourth-order valence-corrected chi connectivity index (χ4v) is 2.17. The summed E-state index contributed by atoms with van der Waals surface area (Å²) in [5, 5.41) is 4.94. The topological polar surface area (TPSA) is 21.3 Å². The molecule has 0 saturated carbocycles. The van der Waals surface area contributed by atoms with Gasteiger partial charge in [-0.25, -0.2) is 0 Å². The van der Waals surface area contributed by atoms with E-state index >= 15 is 0 Å². The number of hydrogen-bond acceptors (Lipinski definition) is 2. The molecule has 0 bridgehead atoms. The van der Waals surface area contributed by atoms with Gasteiger partial charge in [0.1, 0.15) is 5.75 Å². The normalized spacial score (nSPS) is 10.7. The van der Waals surface area contributed by atoms with Crippen LogP contribution in [-0.2, 0) is 0 Å². The van der Waals surface area contributed by atoms with E-state index in [1.807, 2.05) is 19.9 Å². The van der Waals surface area contributed by atoms with Crippen LogP contribution in [0.5, 0.6) is 11.5 Å². The Hall–Kier alpha value is -1.09. The smallest absolute Gasteiger partial charge is 0.152 e. The molecule has 0 aliphatic rings. The van der Waals surface area contributed by atoms with Gasteiger partial charge in [0.2, 0.25) is 0 Å². The number of halogens is 3. The quantitative estimate of drug-likeness (QED) is 0.714. The highest BCUT2D eigenvalue weighted by Crippen LogP contribution is 2.37. The van der Waals surface area contributed by atoms with E-state index in [2.05, 4.69) is 5.32 Å². The largest absolute Gasteiger partial charge is 0.454 e. The molecule has 0 saturated heterocycles. The summed E-state index contributed by atoms with van der Waals surface area (Å²) in [4.78, 5) is 0. The average molecular weight is 331 g/mol. The second kappa shape index (κ2) is 6.57. The van der Waals surface area contributed by atoms with Gasteiger partial charge in [-0.05, 0) is 38.1 Å². The first-order valence-electron chi connectivity index (χ1n) is 6.14. The number of nitrogens with one attached hydrogen (secondary N) is 1. The van der Waals surface area contributed by atoms with Crippen molar-refractivity contribution in [3.05, 3.63) is 51.5 Å². The molecule has 2 aromatic carbocycles. The van der Waals surface area contributed by atoms with Crippen LogP contribution in [0.15, 0.2) is 36.4 Å². The summed E-state index contributed by atoms with van der Waals surface area (Å²) in [5.74, 6) is 1.10. The summed E-state index contributed by atoms with van der Waals surface area (Å²) in [6, 6.07) is 10.8. The van der Waals surface area contributed by atoms with Gasteiger partial charge in [-0.2, -0.15) is 0 Å². The minimum absolute atomic E-state index is 0.272. The van der Waals surface area contributed by atoms with Crippen molar-refractivity contribution in [1.29, 1.82) is 0 Å². The van der Waals surface area contributed by atoms with Crippen molar-refractivity contribution in [1.82, 2.24) is 0 Å². The Morgan fingerprint density at radius 3 is 2.15 bits per heavy atom. The van der Waals surface area contributed by atoms with E-state index in [1.54, 1.807) is 30.3 Å². The van der Waals surface area contributed by atoms with Gasteiger partial charge in [-0.1, -0.05) is 34.8 Å². The molecule has 20 heavy (non-hydrogen) atoms. The lowest BCUT2D eigenvalue weighted by atomic mass is 10.2. The summed E-state index contributed by atoms with van der Waals surface area (Å²) in [6.07, 6.45) is 0. The summed E-state index contributed by atoms with van der Waals surface area (Å²) < 4.78 is 5.84.